The Labute approximate surface area is 282 Å². The highest BCUT2D eigenvalue weighted by atomic mass is 32.2. The summed E-state index contributed by atoms with van der Waals surface area (Å²) in [5, 5.41) is 7.18. The molecule has 1 atom stereocenters. The minimum atomic E-state index is -0.961. The van der Waals surface area contributed by atoms with Gasteiger partial charge in [-0.05, 0) is 50.2 Å². The number of carbonyl (C=O) groups excluding carboxylic acids is 2. The molecule has 0 spiro atoms. The third kappa shape index (κ3) is 7.53. The zero-order valence-corrected chi connectivity index (χ0v) is 28.2. The third-order valence-corrected chi connectivity index (χ3v) is 9.33. The maximum absolute atomic E-state index is 14.4. The summed E-state index contributed by atoms with van der Waals surface area (Å²) in [5.41, 5.74) is 6.69. The third-order valence-electron chi connectivity index (χ3n) is 7.66. The van der Waals surface area contributed by atoms with Crippen LogP contribution < -0.4 is 10.2 Å². The van der Waals surface area contributed by atoms with E-state index in [9.17, 15) is 9.59 Å². The number of hydrogen-bond acceptors (Lipinski definition) is 8. The first-order chi connectivity index (χ1) is 22.7. The summed E-state index contributed by atoms with van der Waals surface area (Å²) < 4.78 is 0. The first-order valence-corrected chi connectivity index (χ1v) is 17.0. The molecule has 0 aliphatic carbocycles. The quantitative estimate of drug-likeness (QED) is 0.111. The Bertz CT molecular complexity index is 1990. The van der Waals surface area contributed by atoms with Crippen LogP contribution in [-0.2, 0) is 16.1 Å². The first-order valence-electron chi connectivity index (χ1n) is 15.1. The van der Waals surface area contributed by atoms with Gasteiger partial charge in [0.05, 0.1) is 18.0 Å². The van der Waals surface area contributed by atoms with Crippen molar-refractivity contribution in [2.24, 2.45) is 0 Å². The lowest BCUT2D eigenvalue weighted by Gasteiger charge is -2.30. The summed E-state index contributed by atoms with van der Waals surface area (Å²) in [7, 11) is 3.93. The average molecular weight is 662 g/mol. The van der Waals surface area contributed by atoms with E-state index in [1.807, 2.05) is 129 Å². The summed E-state index contributed by atoms with van der Waals surface area (Å²) in [6, 6.07) is 26.3. The van der Waals surface area contributed by atoms with Gasteiger partial charge in [0.1, 0.15) is 11.0 Å². The number of aromatic amines is 1. The smallest absolute Gasteiger partial charge is 0.251 e. The molecular formula is C36H35N7O2S2. The van der Waals surface area contributed by atoms with Crippen LogP contribution in [0.2, 0.25) is 0 Å². The van der Waals surface area contributed by atoms with Gasteiger partial charge < -0.3 is 20.1 Å². The normalized spacial score (nSPS) is 11.7. The van der Waals surface area contributed by atoms with Crippen molar-refractivity contribution >= 4 is 57.2 Å². The standard InChI is InChI=1S/C36H35N7O2S2/c1-23-18-24(2)39-36(38-23)47-22-33(44)43(20-32-41-31(21-46-32)25-10-6-5-7-11-25)34(29-19-37-30-13-9-8-12-28(29)30)35(45)40-26-14-16-27(17-15-26)42(3)4/h5-19,21,34,37H,20,22H2,1-4H3,(H,40,45)/t34-/m1/s1. The molecule has 47 heavy (non-hydrogen) atoms. The molecule has 0 saturated carbocycles. The van der Waals surface area contributed by atoms with Gasteiger partial charge in [-0.3, -0.25) is 9.59 Å². The number of nitrogens with one attached hydrogen (secondary N) is 2. The topological polar surface area (TPSA) is 107 Å². The average Bonchev–Trinajstić information content (AvgIpc) is 3.71. The number of hydrogen-bond donors (Lipinski definition) is 2. The second-order valence-electron chi connectivity index (χ2n) is 11.4. The van der Waals surface area contributed by atoms with Crippen LogP contribution in [0.15, 0.2) is 102 Å². The predicted octanol–water partition coefficient (Wildman–Crippen LogP) is 7.27. The minimum absolute atomic E-state index is 0.0451. The highest BCUT2D eigenvalue weighted by molar-refractivity contribution is 7.99. The summed E-state index contributed by atoms with van der Waals surface area (Å²) in [6.07, 6.45) is 1.82. The number of carbonyl (C=O) groups is 2. The van der Waals surface area contributed by atoms with E-state index in [1.165, 1.54) is 23.1 Å². The Hall–Kier alpha value is -5.00. The molecule has 6 aromatic rings. The number of aromatic nitrogens is 4. The zero-order chi connectivity index (χ0) is 32.9. The monoisotopic (exact) mass is 661 g/mol. The van der Waals surface area contributed by atoms with Crippen LogP contribution >= 0.6 is 23.1 Å². The molecule has 0 aliphatic rings. The lowest BCUT2D eigenvalue weighted by atomic mass is 10.0. The largest absolute Gasteiger partial charge is 0.378 e. The molecule has 0 fully saturated rings. The lowest BCUT2D eigenvalue weighted by Crippen LogP contribution is -2.41. The number of benzene rings is 3. The maximum atomic E-state index is 14.4. The van der Waals surface area contributed by atoms with E-state index in [2.05, 4.69) is 20.3 Å². The molecule has 2 N–H and O–H groups in total. The zero-order valence-electron chi connectivity index (χ0n) is 26.6. The van der Waals surface area contributed by atoms with Gasteiger partial charge in [-0.15, -0.1) is 11.3 Å². The van der Waals surface area contributed by atoms with Crippen LogP contribution in [0.3, 0.4) is 0 Å². The predicted molar refractivity (Wildman–Crippen MR) is 191 cm³/mol. The Morgan fingerprint density at radius 2 is 1.62 bits per heavy atom. The van der Waals surface area contributed by atoms with E-state index < -0.39 is 6.04 Å². The molecule has 2 amide bonds. The maximum Gasteiger partial charge on any atom is 0.251 e. The fourth-order valence-corrected chi connectivity index (χ4v) is 7.02. The van der Waals surface area contributed by atoms with E-state index in [0.717, 1.165) is 44.2 Å². The van der Waals surface area contributed by atoms with Crippen LogP contribution in [0, 0.1) is 13.8 Å². The number of H-pyrrole nitrogens is 1. The summed E-state index contributed by atoms with van der Waals surface area (Å²) in [4.78, 5) is 49.6. The van der Waals surface area contributed by atoms with Crippen molar-refractivity contribution in [3.05, 3.63) is 118 Å². The Balaban J connectivity index is 1.39. The van der Waals surface area contributed by atoms with Crippen LogP contribution in [0.5, 0.6) is 0 Å². The van der Waals surface area contributed by atoms with Crippen LogP contribution in [0.4, 0.5) is 11.4 Å². The molecule has 0 radical (unpaired) electrons. The molecule has 6 rings (SSSR count). The molecule has 3 heterocycles. The lowest BCUT2D eigenvalue weighted by molar-refractivity contribution is -0.137. The van der Waals surface area contributed by atoms with Gasteiger partial charge in [-0.2, -0.15) is 0 Å². The van der Waals surface area contributed by atoms with Gasteiger partial charge in [-0.1, -0.05) is 60.3 Å². The fraction of sp³-hybridized carbons (Fsp3) is 0.194. The summed E-state index contributed by atoms with van der Waals surface area (Å²) in [6.45, 7) is 3.95. The van der Waals surface area contributed by atoms with Crippen LogP contribution in [0.25, 0.3) is 22.2 Å². The van der Waals surface area contributed by atoms with E-state index in [1.54, 1.807) is 4.90 Å². The molecular weight excluding hydrogens is 627 g/mol. The molecule has 0 saturated heterocycles. The van der Waals surface area contributed by atoms with E-state index >= 15 is 0 Å². The Morgan fingerprint density at radius 3 is 2.34 bits per heavy atom. The number of para-hydroxylation sites is 1. The number of thiazole rings is 1. The van der Waals surface area contributed by atoms with Crippen molar-refractivity contribution in [2.75, 3.05) is 30.1 Å². The highest BCUT2D eigenvalue weighted by Gasteiger charge is 2.34. The molecule has 3 aromatic carbocycles. The van der Waals surface area contributed by atoms with Crippen molar-refractivity contribution in [1.29, 1.82) is 0 Å². The van der Waals surface area contributed by atoms with Crippen molar-refractivity contribution in [1.82, 2.24) is 24.8 Å². The number of thioether (sulfide) groups is 1. The van der Waals surface area contributed by atoms with Gasteiger partial charge >= 0.3 is 0 Å². The summed E-state index contributed by atoms with van der Waals surface area (Å²) in [5.74, 6) is -0.514. The van der Waals surface area contributed by atoms with Crippen LogP contribution in [-0.4, -0.2) is 56.5 Å². The minimum Gasteiger partial charge on any atom is -0.378 e. The highest BCUT2D eigenvalue weighted by Crippen LogP contribution is 2.33. The molecule has 0 unspecified atom stereocenters. The number of aryl methyl sites for hydroxylation is 2. The molecule has 238 valence electrons. The molecule has 11 heteroatoms. The number of anilines is 2. The SMILES string of the molecule is Cc1cc(C)nc(SCC(=O)N(Cc2nc(-c3ccccc3)cs2)[C@@H](C(=O)Nc2ccc(N(C)C)cc2)c2c[nH]c3ccccc23)n1. The first kappa shape index (κ1) is 32.0. The van der Waals surface area contributed by atoms with Gasteiger partial charge in [0, 0.05) is 70.5 Å². The second kappa shape index (κ2) is 14.2. The van der Waals surface area contributed by atoms with Crippen molar-refractivity contribution < 1.29 is 9.59 Å². The number of fused-ring (bicyclic) bond motifs is 1. The van der Waals surface area contributed by atoms with Crippen molar-refractivity contribution in [3.8, 4) is 11.3 Å². The Kier molecular flexibility index (Phi) is 9.65. The second-order valence-corrected chi connectivity index (χ2v) is 13.2. The van der Waals surface area contributed by atoms with Crippen molar-refractivity contribution in [3.63, 3.8) is 0 Å². The van der Waals surface area contributed by atoms with Gasteiger partial charge in [-0.25, -0.2) is 15.0 Å². The molecule has 0 bridgehead atoms. The number of amides is 2. The molecule has 9 nitrogen and oxygen atoms in total. The molecule has 3 aromatic heterocycles. The van der Waals surface area contributed by atoms with E-state index in [0.29, 0.717) is 16.4 Å². The van der Waals surface area contributed by atoms with E-state index in [4.69, 9.17) is 4.98 Å². The number of rotatable bonds is 11. The van der Waals surface area contributed by atoms with Gasteiger partial charge in [0.25, 0.3) is 5.91 Å². The van der Waals surface area contributed by atoms with Crippen molar-refractivity contribution in [2.45, 2.75) is 31.6 Å². The van der Waals surface area contributed by atoms with Gasteiger partial charge in [0.2, 0.25) is 5.91 Å². The molecule has 0 aliphatic heterocycles. The fourth-order valence-electron chi connectivity index (χ4n) is 5.39. The number of nitrogens with zero attached hydrogens (tertiary/aromatic N) is 5. The van der Waals surface area contributed by atoms with Gasteiger partial charge in [0.15, 0.2) is 5.16 Å². The summed E-state index contributed by atoms with van der Waals surface area (Å²) >= 11 is 2.73. The Morgan fingerprint density at radius 1 is 0.915 bits per heavy atom. The van der Waals surface area contributed by atoms with E-state index in [-0.39, 0.29) is 24.1 Å². The van der Waals surface area contributed by atoms with Crippen LogP contribution in [0.1, 0.15) is 28.0 Å².